The molecule has 0 fully saturated rings. The van der Waals surface area contributed by atoms with Crippen LogP contribution in [0.2, 0.25) is 0 Å². The normalized spacial score (nSPS) is 12.9. The first-order valence-corrected chi connectivity index (χ1v) is 13.4. The van der Waals surface area contributed by atoms with E-state index in [1.54, 1.807) is 30.4 Å². The molecule has 0 aromatic heterocycles. The summed E-state index contributed by atoms with van der Waals surface area (Å²) in [6.07, 6.45) is 7.63. The van der Waals surface area contributed by atoms with Crippen LogP contribution in [0.3, 0.4) is 0 Å². The second-order valence-corrected chi connectivity index (χ2v) is 9.75. The monoisotopic (exact) mass is 550 g/mol. The SMILES string of the molecule is COc1cc(O)c([C@@H](C=CC[C@H](O)CCc2ccccc2)c2ccc(O)cc2)c(O)c1C(=O)C=Cc1ccccc1. The molecule has 0 saturated heterocycles. The molecule has 0 amide bonds. The number of benzene rings is 4. The molecule has 0 heterocycles. The van der Waals surface area contributed by atoms with Gasteiger partial charge >= 0.3 is 0 Å². The van der Waals surface area contributed by atoms with Crippen LogP contribution in [0.5, 0.6) is 23.0 Å². The second kappa shape index (κ2) is 14.0. The molecule has 4 rings (SSSR count). The van der Waals surface area contributed by atoms with Crippen molar-refractivity contribution >= 4 is 11.9 Å². The molecule has 4 aromatic carbocycles. The van der Waals surface area contributed by atoms with Crippen molar-refractivity contribution in [1.29, 1.82) is 0 Å². The molecule has 6 nitrogen and oxygen atoms in total. The highest BCUT2D eigenvalue weighted by atomic mass is 16.5. The summed E-state index contributed by atoms with van der Waals surface area (Å²) < 4.78 is 5.35. The maximum atomic E-state index is 13.3. The number of allylic oxidation sites excluding steroid dienone is 2. The summed E-state index contributed by atoms with van der Waals surface area (Å²) in [7, 11) is 1.36. The number of phenols is 3. The molecule has 0 radical (unpaired) electrons. The molecule has 4 aromatic rings. The molecule has 2 atom stereocenters. The topological polar surface area (TPSA) is 107 Å². The third-order valence-electron chi connectivity index (χ3n) is 6.88. The van der Waals surface area contributed by atoms with Crippen molar-refractivity contribution < 1.29 is 30.0 Å². The third kappa shape index (κ3) is 7.65. The number of aryl methyl sites for hydroxylation is 1. The van der Waals surface area contributed by atoms with Crippen molar-refractivity contribution in [3.05, 3.63) is 137 Å². The van der Waals surface area contributed by atoms with Gasteiger partial charge < -0.3 is 25.2 Å². The Morgan fingerprint density at radius 2 is 1.56 bits per heavy atom. The number of hydrogen-bond donors (Lipinski definition) is 4. The summed E-state index contributed by atoms with van der Waals surface area (Å²) >= 11 is 0. The van der Waals surface area contributed by atoms with E-state index in [9.17, 15) is 25.2 Å². The number of aromatic hydroxyl groups is 3. The van der Waals surface area contributed by atoms with Crippen molar-refractivity contribution in [2.45, 2.75) is 31.3 Å². The van der Waals surface area contributed by atoms with Gasteiger partial charge in [-0.25, -0.2) is 0 Å². The zero-order chi connectivity index (χ0) is 29.2. The molecule has 41 heavy (non-hydrogen) atoms. The van der Waals surface area contributed by atoms with Gasteiger partial charge in [0.15, 0.2) is 5.78 Å². The van der Waals surface area contributed by atoms with Gasteiger partial charge in [0, 0.05) is 17.5 Å². The average Bonchev–Trinajstić information content (AvgIpc) is 2.99. The van der Waals surface area contributed by atoms with Gasteiger partial charge in [0.25, 0.3) is 0 Å². The minimum atomic E-state index is -0.688. The molecule has 0 aliphatic carbocycles. The van der Waals surface area contributed by atoms with Gasteiger partial charge in [-0.2, -0.15) is 0 Å². The lowest BCUT2D eigenvalue weighted by molar-refractivity contribution is 0.104. The van der Waals surface area contributed by atoms with Crippen molar-refractivity contribution in [2.75, 3.05) is 7.11 Å². The number of aliphatic hydroxyl groups excluding tert-OH is 1. The lowest BCUT2D eigenvalue weighted by atomic mass is 9.86. The zero-order valence-electron chi connectivity index (χ0n) is 22.9. The molecule has 210 valence electrons. The van der Waals surface area contributed by atoms with E-state index in [1.807, 2.05) is 60.7 Å². The number of carbonyl (C=O) groups is 1. The molecular weight excluding hydrogens is 516 g/mol. The molecule has 0 spiro atoms. The summed E-state index contributed by atoms with van der Waals surface area (Å²) in [6.45, 7) is 0. The van der Waals surface area contributed by atoms with Gasteiger partial charge in [-0.1, -0.05) is 91.0 Å². The summed E-state index contributed by atoms with van der Waals surface area (Å²) in [5.41, 5.74) is 2.65. The highest BCUT2D eigenvalue weighted by molar-refractivity contribution is 6.11. The Kier molecular flexibility index (Phi) is 9.97. The fourth-order valence-corrected chi connectivity index (χ4v) is 4.70. The van der Waals surface area contributed by atoms with Crippen molar-refractivity contribution in [2.24, 2.45) is 0 Å². The molecular formula is C35H34O6. The first-order valence-electron chi connectivity index (χ1n) is 13.4. The molecule has 0 bridgehead atoms. The molecule has 0 aliphatic rings. The fraction of sp³-hybridized carbons (Fsp3) is 0.171. The Hall–Kier alpha value is -4.81. The van der Waals surface area contributed by atoms with Crippen LogP contribution < -0.4 is 4.74 Å². The number of ether oxygens (including phenoxy) is 1. The fourth-order valence-electron chi connectivity index (χ4n) is 4.70. The van der Waals surface area contributed by atoms with Crippen molar-refractivity contribution in [3.8, 4) is 23.0 Å². The summed E-state index contributed by atoms with van der Waals surface area (Å²) in [4.78, 5) is 13.3. The van der Waals surface area contributed by atoms with Crippen LogP contribution in [0.1, 0.15) is 51.4 Å². The maximum absolute atomic E-state index is 13.3. The Morgan fingerprint density at radius 3 is 2.22 bits per heavy atom. The van der Waals surface area contributed by atoms with Gasteiger partial charge in [0.05, 0.1) is 13.2 Å². The van der Waals surface area contributed by atoms with Gasteiger partial charge in [-0.05, 0) is 54.2 Å². The predicted molar refractivity (Wildman–Crippen MR) is 161 cm³/mol. The van der Waals surface area contributed by atoms with E-state index in [2.05, 4.69) is 0 Å². The van der Waals surface area contributed by atoms with Gasteiger partial charge in [-0.3, -0.25) is 4.79 Å². The highest BCUT2D eigenvalue weighted by Crippen LogP contribution is 2.45. The van der Waals surface area contributed by atoms with E-state index in [1.165, 1.54) is 31.4 Å². The first-order chi connectivity index (χ1) is 19.9. The van der Waals surface area contributed by atoms with Gasteiger partial charge in [0.1, 0.15) is 28.6 Å². The van der Waals surface area contributed by atoms with E-state index < -0.39 is 23.6 Å². The zero-order valence-corrected chi connectivity index (χ0v) is 22.9. The van der Waals surface area contributed by atoms with Crippen molar-refractivity contribution in [1.82, 2.24) is 0 Å². The van der Waals surface area contributed by atoms with E-state index >= 15 is 0 Å². The molecule has 6 heteroatoms. The van der Waals surface area contributed by atoms with Gasteiger partial charge in [-0.15, -0.1) is 0 Å². The van der Waals surface area contributed by atoms with E-state index in [0.717, 1.165) is 17.5 Å². The van der Waals surface area contributed by atoms with Crippen LogP contribution in [0.4, 0.5) is 0 Å². The van der Waals surface area contributed by atoms with Crippen LogP contribution in [0.15, 0.2) is 109 Å². The lowest BCUT2D eigenvalue weighted by Crippen LogP contribution is -2.08. The number of hydrogen-bond acceptors (Lipinski definition) is 6. The predicted octanol–water partition coefficient (Wildman–Crippen LogP) is 6.78. The molecule has 0 aliphatic heterocycles. The number of methoxy groups -OCH3 is 1. The van der Waals surface area contributed by atoms with Crippen LogP contribution in [0, 0.1) is 0 Å². The van der Waals surface area contributed by atoms with Crippen LogP contribution in [0.25, 0.3) is 6.08 Å². The highest BCUT2D eigenvalue weighted by Gasteiger charge is 2.27. The Labute approximate surface area is 240 Å². The number of carbonyl (C=O) groups excluding carboxylic acids is 1. The maximum Gasteiger partial charge on any atom is 0.193 e. The lowest BCUT2D eigenvalue weighted by Gasteiger charge is -2.20. The minimum absolute atomic E-state index is 0.0382. The first kappa shape index (κ1) is 29.2. The molecule has 0 unspecified atom stereocenters. The number of ketones is 1. The van der Waals surface area contributed by atoms with Crippen LogP contribution in [-0.4, -0.2) is 39.4 Å². The molecule has 4 N–H and O–H groups in total. The van der Waals surface area contributed by atoms with E-state index in [4.69, 9.17) is 4.74 Å². The Bertz CT molecular complexity index is 1490. The van der Waals surface area contributed by atoms with Gasteiger partial charge in [0.2, 0.25) is 0 Å². The van der Waals surface area contributed by atoms with E-state index in [0.29, 0.717) is 18.4 Å². The number of aliphatic hydroxyl groups is 1. The van der Waals surface area contributed by atoms with Crippen LogP contribution >= 0.6 is 0 Å². The second-order valence-electron chi connectivity index (χ2n) is 9.75. The van der Waals surface area contributed by atoms with E-state index in [-0.39, 0.29) is 28.4 Å². The summed E-state index contributed by atoms with van der Waals surface area (Å²) in [6, 6.07) is 26.9. The average molecular weight is 551 g/mol. The quantitative estimate of drug-likeness (QED) is 0.0880. The largest absolute Gasteiger partial charge is 0.508 e. The summed E-state index contributed by atoms with van der Waals surface area (Å²) in [5, 5.41) is 42.9. The number of phenolic OH excluding ortho intramolecular Hbond substituents is 3. The summed E-state index contributed by atoms with van der Waals surface area (Å²) in [5.74, 6) is -1.73. The van der Waals surface area contributed by atoms with Crippen molar-refractivity contribution in [3.63, 3.8) is 0 Å². The molecule has 0 saturated carbocycles. The Balaban J connectivity index is 1.66. The smallest absolute Gasteiger partial charge is 0.193 e. The number of rotatable bonds is 12. The van der Waals surface area contributed by atoms with Crippen LogP contribution in [-0.2, 0) is 6.42 Å². The third-order valence-corrected chi connectivity index (χ3v) is 6.88. The Morgan fingerprint density at radius 1 is 0.902 bits per heavy atom. The standard InChI is InChI=1S/C35H34O6/c1-41-32-23-31(39)33(35(40)34(32)30(38)22-16-25-11-6-3-7-12-25)29(26-17-20-28(37)21-18-26)14-8-13-27(36)19-15-24-9-4-2-5-10-24/h2-12,14,16-18,20-23,27,29,36-37,39-40H,13,15,19H2,1H3/t27-,29-/m0/s1. The minimum Gasteiger partial charge on any atom is -0.508 e.